The molecule has 0 spiro atoms. The molecule has 0 aromatic rings. The molecule has 0 saturated carbocycles. The predicted octanol–water partition coefficient (Wildman–Crippen LogP) is 6.81. The van der Waals surface area contributed by atoms with Gasteiger partial charge in [-0.25, -0.2) is 0 Å². The van der Waals surface area contributed by atoms with Crippen molar-refractivity contribution in [2.24, 2.45) is 0 Å². The van der Waals surface area contributed by atoms with Gasteiger partial charge >= 0.3 is 0 Å². The van der Waals surface area contributed by atoms with Gasteiger partial charge in [-0.3, -0.25) is 0 Å². The van der Waals surface area contributed by atoms with Crippen molar-refractivity contribution in [1.29, 1.82) is 0 Å². The molecule has 0 saturated heterocycles. The van der Waals surface area contributed by atoms with Crippen molar-refractivity contribution in [3.05, 3.63) is 24.3 Å². The molecule has 136 valence electrons. The number of hydrogen-bond donors (Lipinski definition) is 0. The molecule has 0 bridgehead atoms. The highest BCUT2D eigenvalue weighted by molar-refractivity contribution is 4.81. The smallest absolute Gasteiger partial charge is 0.146 e. The second-order valence-electron chi connectivity index (χ2n) is 6.09. The van der Waals surface area contributed by atoms with Crippen molar-refractivity contribution in [1.82, 2.24) is 0 Å². The van der Waals surface area contributed by atoms with E-state index < -0.39 is 0 Å². The highest BCUT2D eigenvalue weighted by atomic mass is 16.7. The van der Waals surface area contributed by atoms with Gasteiger partial charge in [-0.15, -0.1) is 0 Å². The molecule has 0 amide bonds. The van der Waals surface area contributed by atoms with E-state index >= 15 is 0 Å². The largest absolute Gasteiger partial charge is 0.356 e. The maximum atomic E-state index is 5.31. The Bertz CT molecular complexity index is 259. The lowest BCUT2D eigenvalue weighted by Gasteiger charge is -2.01. The second kappa shape index (κ2) is 21.4. The van der Waals surface area contributed by atoms with Crippen LogP contribution in [0.5, 0.6) is 0 Å². The lowest BCUT2D eigenvalue weighted by molar-refractivity contribution is -0.0476. The summed E-state index contributed by atoms with van der Waals surface area (Å²) in [5.41, 5.74) is 0. The summed E-state index contributed by atoms with van der Waals surface area (Å²) in [7, 11) is 0. The molecule has 0 N–H and O–H groups in total. The fraction of sp³-hybridized carbons (Fsp3) is 0.810. The Labute approximate surface area is 145 Å². The van der Waals surface area contributed by atoms with Gasteiger partial charge in [0.25, 0.3) is 0 Å². The summed E-state index contributed by atoms with van der Waals surface area (Å²) in [6.07, 6.45) is 24.9. The van der Waals surface area contributed by atoms with Crippen molar-refractivity contribution in [2.75, 3.05) is 20.0 Å². The number of allylic oxidation sites excluding steroid dienone is 3. The van der Waals surface area contributed by atoms with Gasteiger partial charge in [-0.05, 0) is 45.4 Å². The van der Waals surface area contributed by atoms with Crippen molar-refractivity contribution >= 4 is 0 Å². The third kappa shape index (κ3) is 21.4. The van der Waals surface area contributed by atoms with E-state index in [0.717, 1.165) is 19.6 Å². The summed E-state index contributed by atoms with van der Waals surface area (Å²) >= 11 is 0. The van der Waals surface area contributed by atoms with Crippen LogP contribution in [0.3, 0.4) is 0 Å². The normalized spacial score (nSPS) is 11.9. The Morgan fingerprint density at radius 3 is 1.65 bits per heavy atom. The molecule has 0 radical (unpaired) electrons. The summed E-state index contributed by atoms with van der Waals surface area (Å²) in [4.78, 5) is 0. The first-order chi connectivity index (χ1) is 11.4. The molecule has 0 aliphatic carbocycles. The van der Waals surface area contributed by atoms with Gasteiger partial charge in [0, 0.05) is 6.61 Å². The van der Waals surface area contributed by atoms with Gasteiger partial charge in [-0.2, -0.15) is 0 Å². The van der Waals surface area contributed by atoms with Crippen LogP contribution in [-0.4, -0.2) is 20.0 Å². The van der Waals surface area contributed by atoms with Gasteiger partial charge in [0.1, 0.15) is 6.79 Å². The molecule has 0 fully saturated rings. The molecule has 0 rings (SSSR count). The minimum Gasteiger partial charge on any atom is -0.356 e. The molecule has 0 unspecified atom stereocenters. The van der Waals surface area contributed by atoms with Crippen molar-refractivity contribution < 1.29 is 9.47 Å². The van der Waals surface area contributed by atoms with Crippen LogP contribution in [0.1, 0.15) is 90.9 Å². The summed E-state index contributed by atoms with van der Waals surface area (Å²) in [6, 6.07) is 0. The van der Waals surface area contributed by atoms with E-state index in [9.17, 15) is 0 Å². The van der Waals surface area contributed by atoms with Gasteiger partial charge in [0.2, 0.25) is 0 Å². The zero-order valence-electron chi connectivity index (χ0n) is 15.7. The second-order valence-corrected chi connectivity index (χ2v) is 6.09. The molecule has 23 heavy (non-hydrogen) atoms. The maximum Gasteiger partial charge on any atom is 0.146 e. The number of hydrogen-bond acceptors (Lipinski definition) is 2. The minimum atomic E-state index is 0.429. The van der Waals surface area contributed by atoms with Gasteiger partial charge in [-0.1, -0.05) is 69.8 Å². The molecule has 2 nitrogen and oxygen atoms in total. The third-order valence-electron chi connectivity index (χ3n) is 3.85. The highest BCUT2D eigenvalue weighted by Gasteiger charge is 1.90. The molecule has 0 aliphatic rings. The average molecular weight is 325 g/mol. The first-order valence-corrected chi connectivity index (χ1v) is 9.87. The van der Waals surface area contributed by atoms with Crippen LogP contribution < -0.4 is 0 Å². The van der Waals surface area contributed by atoms with E-state index in [1.807, 2.05) is 6.92 Å². The van der Waals surface area contributed by atoms with Crippen molar-refractivity contribution in [3.63, 3.8) is 0 Å². The highest BCUT2D eigenvalue weighted by Crippen LogP contribution is 2.09. The van der Waals surface area contributed by atoms with Gasteiger partial charge in [0.15, 0.2) is 0 Å². The van der Waals surface area contributed by atoms with E-state index in [2.05, 4.69) is 31.2 Å². The van der Waals surface area contributed by atoms with Crippen LogP contribution in [0.25, 0.3) is 0 Å². The Hall–Kier alpha value is -0.600. The minimum absolute atomic E-state index is 0.429. The number of rotatable bonds is 18. The molecular weight excluding hydrogens is 284 g/mol. The van der Waals surface area contributed by atoms with Crippen LogP contribution in [0.4, 0.5) is 0 Å². The fourth-order valence-corrected chi connectivity index (χ4v) is 2.38. The van der Waals surface area contributed by atoms with Crippen LogP contribution >= 0.6 is 0 Å². The quantitative estimate of drug-likeness (QED) is 0.157. The Morgan fingerprint density at radius 1 is 0.565 bits per heavy atom. The first kappa shape index (κ1) is 22.4. The predicted molar refractivity (Wildman–Crippen MR) is 102 cm³/mol. The molecular formula is C21H40O2. The van der Waals surface area contributed by atoms with E-state index in [4.69, 9.17) is 9.47 Å². The molecule has 0 heterocycles. The van der Waals surface area contributed by atoms with Crippen molar-refractivity contribution in [3.8, 4) is 0 Å². The standard InChI is InChI=1S/C21H40O2/c1-3-5-6-7-8-9-10-11-12-13-14-15-16-17-18-19-20-23-21-22-4-2/h7-8,17-18H,3-6,9-16,19-21H2,1-2H3/b8-7-,18-17-. The summed E-state index contributed by atoms with van der Waals surface area (Å²) in [6.45, 7) is 6.16. The fourth-order valence-electron chi connectivity index (χ4n) is 2.38. The molecule has 0 atom stereocenters. The zero-order valence-corrected chi connectivity index (χ0v) is 15.7. The summed E-state index contributed by atoms with van der Waals surface area (Å²) in [5, 5.41) is 0. The summed E-state index contributed by atoms with van der Waals surface area (Å²) in [5.74, 6) is 0. The van der Waals surface area contributed by atoms with Crippen LogP contribution in [0.2, 0.25) is 0 Å². The van der Waals surface area contributed by atoms with Crippen LogP contribution in [-0.2, 0) is 9.47 Å². The van der Waals surface area contributed by atoms with Gasteiger partial charge in [0.05, 0.1) is 6.61 Å². The number of unbranched alkanes of at least 4 members (excludes halogenated alkanes) is 9. The monoisotopic (exact) mass is 324 g/mol. The molecule has 2 heteroatoms. The third-order valence-corrected chi connectivity index (χ3v) is 3.85. The lowest BCUT2D eigenvalue weighted by Crippen LogP contribution is -1.99. The average Bonchev–Trinajstić information content (AvgIpc) is 2.57. The molecule has 0 aromatic carbocycles. The number of ether oxygens (including phenoxy) is 2. The van der Waals surface area contributed by atoms with E-state index in [0.29, 0.717) is 6.79 Å². The zero-order chi connectivity index (χ0) is 16.8. The summed E-state index contributed by atoms with van der Waals surface area (Å²) < 4.78 is 10.4. The van der Waals surface area contributed by atoms with E-state index in [-0.39, 0.29) is 0 Å². The first-order valence-electron chi connectivity index (χ1n) is 9.87. The molecule has 0 aliphatic heterocycles. The van der Waals surface area contributed by atoms with E-state index in [1.54, 1.807) is 0 Å². The SMILES string of the molecule is CCCC/C=C\CCCCCCCC/C=C\CCOCOCC. The van der Waals surface area contributed by atoms with Gasteiger partial charge < -0.3 is 9.47 Å². The van der Waals surface area contributed by atoms with Crippen LogP contribution in [0.15, 0.2) is 24.3 Å². The Morgan fingerprint density at radius 2 is 1.09 bits per heavy atom. The maximum absolute atomic E-state index is 5.31. The Kier molecular flexibility index (Phi) is 20.8. The topological polar surface area (TPSA) is 18.5 Å². The Balaban J connectivity index is 3.08. The lowest BCUT2D eigenvalue weighted by atomic mass is 10.1. The van der Waals surface area contributed by atoms with Crippen molar-refractivity contribution in [2.45, 2.75) is 90.9 Å². The van der Waals surface area contributed by atoms with Crippen LogP contribution in [0, 0.1) is 0 Å². The van der Waals surface area contributed by atoms with E-state index in [1.165, 1.54) is 70.6 Å². The molecule has 0 aromatic heterocycles.